The van der Waals surface area contributed by atoms with E-state index < -0.39 is 40.2 Å². The Balaban J connectivity index is 1.62. The summed E-state index contributed by atoms with van der Waals surface area (Å²) < 4.78 is 22.2. The van der Waals surface area contributed by atoms with E-state index in [-0.39, 0.29) is 37.0 Å². The number of ether oxygens (including phenoxy) is 1. The standard InChI is InChI=1S/C22H24FN7O5/c1-22(2)21-26-15(16(31)19(33)29(21)7-8-35-22)18(32)24-10-12-5-6-13(23)9-14(12)30-11-25-17(27-30)20(34)28(3)4/h5-6,9,11,31H,7-8,10H2,1-4H3,(H,24,32). The molecule has 12 nitrogen and oxygen atoms in total. The summed E-state index contributed by atoms with van der Waals surface area (Å²) in [6.45, 7) is 3.77. The number of rotatable bonds is 5. The number of benzene rings is 1. The van der Waals surface area contributed by atoms with Gasteiger partial charge in [0.05, 0.1) is 18.8 Å². The van der Waals surface area contributed by atoms with E-state index in [2.05, 4.69) is 20.4 Å². The van der Waals surface area contributed by atoms with Gasteiger partial charge in [0.1, 0.15) is 23.6 Å². The molecule has 0 atom stereocenters. The maximum atomic E-state index is 14.0. The number of nitrogens with one attached hydrogen (secondary N) is 1. The Morgan fingerprint density at radius 3 is 2.77 bits per heavy atom. The zero-order valence-corrected chi connectivity index (χ0v) is 19.6. The lowest BCUT2D eigenvalue weighted by molar-refractivity contribution is -0.0566. The van der Waals surface area contributed by atoms with Gasteiger partial charge in [-0.3, -0.25) is 19.0 Å². The summed E-state index contributed by atoms with van der Waals surface area (Å²) in [5.41, 5.74) is -1.43. The van der Waals surface area contributed by atoms with E-state index in [1.54, 1.807) is 27.9 Å². The van der Waals surface area contributed by atoms with E-state index in [9.17, 15) is 23.9 Å². The van der Waals surface area contributed by atoms with Crippen LogP contribution in [0, 0.1) is 5.82 Å². The minimum absolute atomic E-state index is 0.0808. The van der Waals surface area contributed by atoms with Crippen LogP contribution in [0.1, 0.15) is 46.3 Å². The highest BCUT2D eigenvalue weighted by atomic mass is 19.1. The molecule has 13 heteroatoms. The third-order valence-corrected chi connectivity index (χ3v) is 5.50. The quantitative estimate of drug-likeness (QED) is 0.534. The van der Waals surface area contributed by atoms with Gasteiger partial charge < -0.3 is 20.1 Å². The second-order valence-corrected chi connectivity index (χ2v) is 8.62. The topological polar surface area (TPSA) is 144 Å². The van der Waals surface area contributed by atoms with Crippen molar-refractivity contribution in [3.63, 3.8) is 0 Å². The van der Waals surface area contributed by atoms with Gasteiger partial charge in [0.25, 0.3) is 17.4 Å². The molecule has 2 aromatic heterocycles. The molecular weight excluding hydrogens is 461 g/mol. The number of halogens is 1. The van der Waals surface area contributed by atoms with E-state index >= 15 is 0 Å². The van der Waals surface area contributed by atoms with Gasteiger partial charge >= 0.3 is 0 Å². The number of hydrogen-bond donors (Lipinski definition) is 2. The fourth-order valence-electron chi connectivity index (χ4n) is 3.66. The molecule has 2 N–H and O–H groups in total. The molecule has 0 fully saturated rings. The Hall–Kier alpha value is -4.13. The van der Waals surface area contributed by atoms with Gasteiger partial charge in [0.15, 0.2) is 5.69 Å². The molecule has 0 aliphatic carbocycles. The van der Waals surface area contributed by atoms with Crippen LogP contribution < -0.4 is 10.9 Å². The molecule has 0 spiro atoms. The van der Waals surface area contributed by atoms with Crippen molar-refractivity contribution in [2.24, 2.45) is 0 Å². The second kappa shape index (κ2) is 8.91. The lowest BCUT2D eigenvalue weighted by atomic mass is 10.1. The maximum Gasteiger partial charge on any atom is 0.296 e. The number of carbonyl (C=O) groups is 2. The average Bonchev–Trinajstić information content (AvgIpc) is 3.29. The fourth-order valence-corrected chi connectivity index (χ4v) is 3.66. The molecule has 0 saturated heterocycles. The molecular formula is C22H24FN7O5. The molecule has 4 rings (SSSR count). The zero-order valence-electron chi connectivity index (χ0n) is 19.6. The molecule has 1 aliphatic heterocycles. The molecule has 0 radical (unpaired) electrons. The second-order valence-electron chi connectivity index (χ2n) is 8.62. The normalized spacial score (nSPS) is 14.3. The molecule has 3 aromatic rings. The summed E-state index contributed by atoms with van der Waals surface area (Å²) in [6.07, 6.45) is 1.26. The van der Waals surface area contributed by atoms with Gasteiger partial charge in [-0.05, 0) is 31.5 Å². The highest BCUT2D eigenvalue weighted by Crippen LogP contribution is 2.27. The first-order valence-corrected chi connectivity index (χ1v) is 10.7. The molecule has 0 bridgehead atoms. The fraction of sp³-hybridized carbons (Fsp3) is 0.364. The van der Waals surface area contributed by atoms with Gasteiger partial charge in [0, 0.05) is 20.6 Å². The monoisotopic (exact) mass is 485 g/mol. The van der Waals surface area contributed by atoms with Gasteiger partial charge in [-0.2, -0.15) is 0 Å². The van der Waals surface area contributed by atoms with Crippen molar-refractivity contribution in [2.75, 3.05) is 20.7 Å². The van der Waals surface area contributed by atoms with Crippen molar-refractivity contribution in [2.45, 2.75) is 32.5 Å². The number of nitrogens with zero attached hydrogens (tertiary/aromatic N) is 6. The van der Waals surface area contributed by atoms with Crippen LogP contribution in [0.15, 0.2) is 29.3 Å². The average molecular weight is 485 g/mol. The van der Waals surface area contributed by atoms with Crippen molar-refractivity contribution in [1.29, 1.82) is 0 Å². The van der Waals surface area contributed by atoms with Crippen molar-refractivity contribution in [1.82, 2.24) is 34.5 Å². The minimum Gasteiger partial charge on any atom is -0.501 e. The van der Waals surface area contributed by atoms with Gasteiger partial charge in [-0.1, -0.05) is 6.07 Å². The van der Waals surface area contributed by atoms with E-state index in [1.807, 2.05) is 0 Å². The largest absolute Gasteiger partial charge is 0.501 e. The van der Waals surface area contributed by atoms with E-state index in [1.165, 1.54) is 38.7 Å². The molecule has 184 valence electrons. The van der Waals surface area contributed by atoms with E-state index in [0.717, 1.165) is 0 Å². The lowest BCUT2D eigenvalue weighted by Crippen LogP contribution is -2.42. The lowest BCUT2D eigenvalue weighted by Gasteiger charge is -2.32. The maximum absolute atomic E-state index is 14.0. The first-order chi connectivity index (χ1) is 16.5. The summed E-state index contributed by atoms with van der Waals surface area (Å²) in [5, 5.41) is 17.0. The van der Waals surface area contributed by atoms with Crippen molar-refractivity contribution >= 4 is 11.8 Å². The molecule has 2 amide bonds. The highest BCUT2D eigenvalue weighted by Gasteiger charge is 2.34. The van der Waals surface area contributed by atoms with Gasteiger partial charge in [0.2, 0.25) is 11.6 Å². The molecule has 0 saturated carbocycles. The molecule has 1 aliphatic rings. The van der Waals surface area contributed by atoms with Gasteiger partial charge in [-0.25, -0.2) is 19.0 Å². The van der Waals surface area contributed by atoms with Crippen LogP contribution in [0.4, 0.5) is 4.39 Å². The first-order valence-electron chi connectivity index (χ1n) is 10.7. The van der Waals surface area contributed by atoms with Crippen LogP contribution in [-0.4, -0.2) is 66.8 Å². The van der Waals surface area contributed by atoms with Crippen LogP contribution in [-0.2, 0) is 23.4 Å². The first kappa shape index (κ1) is 24.0. The molecule has 35 heavy (non-hydrogen) atoms. The van der Waals surface area contributed by atoms with Crippen molar-refractivity contribution in [3.05, 3.63) is 63.6 Å². The number of aromatic hydroxyl groups is 1. The summed E-state index contributed by atoms with van der Waals surface area (Å²) >= 11 is 0. The van der Waals surface area contributed by atoms with Crippen molar-refractivity contribution in [3.8, 4) is 11.4 Å². The van der Waals surface area contributed by atoms with E-state index in [4.69, 9.17) is 4.74 Å². The number of carbonyl (C=O) groups excluding carboxylic acids is 2. The Labute approximate surface area is 199 Å². The van der Waals surface area contributed by atoms with Crippen LogP contribution >= 0.6 is 0 Å². The third-order valence-electron chi connectivity index (χ3n) is 5.50. The van der Waals surface area contributed by atoms with Crippen LogP contribution in [0.3, 0.4) is 0 Å². The zero-order chi connectivity index (χ0) is 25.5. The summed E-state index contributed by atoms with van der Waals surface area (Å²) in [5.74, 6) is -2.42. The Bertz CT molecular complexity index is 1380. The van der Waals surface area contributed by atoms with Crippen LogP contribution in [0.25, 0.3) is 5.69 Å². The molecule has 1 aromatic carbocycles. The summed E-state index contributed by atoms with van der Waals surface area (Å²) in [7, 11) is 3.10. The SMILES string of the molecule is CN(C)C(=O)c1ncn(-c2cc(F)ccc2CNC(=O)c2nc3n(c(=O)c2O)CCOC3(C)C)n1. The predicted molar refractivity (Wildman–Crippen MR) is 120 cm³/mol. The van der Waals surface area contributed by atoms with E-state index in [0.29, 0.717) is 5.56 Å². The van der Waals surface area contributed by atoms with Crippen molar-refractivity contribution < 1.29 is 23.8 Å². The highest BCUT2D eigenvalue weighted by molar-refractivity contribution is 5.94. The summed E-state index contributed by atoms with van der Waals surface area (Å²) in [4.78, 5) is 47.1. The number of aromatic nitrogens is 5. The Kier molecular flexibility index (Phi) is 6.11. The smallest absolute Gasteiger partial charge is 0.296 e. The Morgan fingerprint density at radius 2 is 2.06 bits per heavy atom. The summed E-state index contributed by atoms with van der Waals surface area (Å²) in [6, 6.07) is 3.82. The number of hydrogen-bond acceptors (Lipinski definition) is 8. The minimum atomic E-state index is -0.931. The number of fused-ring (bicyclic) bond motifs is 1. The van der Waals surface area contributed by atoms with Gasteiger partial charge in [-0.15, -0.1) is 5.10 Å². The molecule has 0 unspecified atom stereocenters. The predicted octanol–water partition coefficient (Wildman–Crippen LogP) is 0.566. The van der Waals surface area contributed by atoms with Crippen LogP contribution in [0.5, 0.6) is 5.75 Å². The third kappa shape index (κ3) is 4.49. The molecule has 3 heterocycles. The Morgan fingerprint density at radius 1 is 1.31 bits per heavy atom. The number of amides is 2. The van der Waals surface area contributed by atoms with Crippen LogP contribution in [0.2, 0.25) is 0 Å².